The van der Waals surface area contributed by atoms with Crippen LogP contribution in [0.2, 0.25) is 0 Å². The molecular weight excluding hydrogens is 261 g/mol. The minimum atomic E-state index is -4.09. The van der Waals surface area contributed by atoms with Crippen LogP contribution in [0.15, 0.2) is 0 Å². The van der Waals surface area contributed by atoms with E-state index in [1.165, 1.54) is 0 Å². The van der Waals surface area contributed by atoms with Gasteiger partial charge in [0.15, 0.2) is 0 Å². The summed E-state index contributed by atoms with van der Waals surface area (Å²) in [5.74, 6) is 0.711. The van der Waals surface area contributed by atoms with E-state index in [9.17, 15) is 13.2 Å². The molecule has 1 atom stereocenters. The molecule has 0 saturated carbocycles. The van der Waals surface area contributed by atoms with Crippen LogP contribution in [0, 0.1) is 5.92 Å². The normalized spacial score (nSPS) is 22.7. The van der Waals surface area contributed by atoms with Crippen molar-refractivity contribution in [2.45, 2.75) is 38.2 Å². The number of nitrogens with one attached hydrogen (secondary N) is 1. The molecule has 1 heterocycles. The Bertz CT molecular complexity index is 251. The molecule has 0 amide bonds. The van der Waals surface area contributed by atoms with Gasteiger partial charge in [0.25, 0.3) is 0 Å². The molecular formula is C12H23F3N2S. The maximum Gasteiger partial charge on any atom is 0.441 e. The lowest BCUT2D eigenvalue weighted by Gasteiger charge is -2.23. The summed E-state index contributed by atoms with van der Waals surface area (Å²) in [5, 5.41) is 3.45. The van der Waals surface area contributed by atoms with Gasteiger partial charge in [0.2, 0.25) is 0 Å². The summed E-state index contributed by atoms with van der Waals surface area (Å²) in [6, 6.07) is 0. The Kier molecular flexibility index (Phi) is 5.80. The third-order valence-corrected chi connectivity index (χ3v) is 3.68. The van der Waals surface area contributed by atoms with Crippen molar-refractivity contribution in [3.05, 3.63) is 0 Å². The summed E-state index contributed by atoms with van der Waals surface area (Å²) in [4.78, 5) is 2.13. The predicted octanol–water partition coefficient (Wildman–Crippen LogP) is 2.95. The van der Waals surface area contributed by atoms with Crippen LogP contribution in [0.4, 0.5) is 13.2 Å². The van der Waals surface area contributed by atoms with E-state index in [0.29, 0.717) is 12.5 Å². The number of hydrogen-bond donors (Lipinski definition) is 1. The van der Waals surface area contributed by atoms with Crippen molar-refractivity contribution in [2.75, 3.05) is 31.9 Å². The monoisotopic (exact) mass is 284 g/mol. The molecule has 1 saturated heterocycles. The third-order valence-electron chi connectivity index (χ3n) is 2.96. The molecule has 1 rings (SSSR count). The maximum absolute atomic E-state index is 12.0. The topological polar surface area (TPSA) is 15.3 Å². The van der Waals surface area contributed by atoms with Gasteiger partial charge in [0, 0.05) is 24.4 Å². The molecule has 0 aromatic heterocycles. The second-order valence-electron chi connectivity index (χ2n) is 5.88. The van der Waals surface area contributed by atoms with Crippen molar-refractivity contribution in [3.63, 3.8) is 0 Å². The van der Waals surface area contributed by atoms with Crippen LogP contribution in [0.1, 0.15) is 27.2 Å². The lowest BCUT2D eigenvalue weighted by atomic mass is 10.1. The van der Waals surface area contributed by atoms with Gasteiger partial charge in [-0.05, 0) is 58.0 Å². The van der Waals surface area contributed by atoms with Gasteiger partial charge in [0.05, 0.1) is 0 Å². The molecule has 1 N–H and O–H groups in total. The second-order valence-corrected chi connectivity index (χ2v) is 7.04. The summed E-state index contributed by atoms with van der Waals surface area (Å²) >= 11 is 0.0820. The number of alkyl halides is 3. The molecule has 108 valence electrons. The second kappa shape index (κ2) is 6.48. The van der Waals surface area contributed by atoms with Crippen molar-refractivity contribution >= 4 is 11.8 Å². The lowest BCUT2D eigenvalue weighted by Crippen LogP contribution is -2.39. The van der Waals surface area contributed by atoms with Crippen molar-refractivity contribution in [1.82, 2.24) is 10.2 Å². The van der Waals surface area contributed by atoms with Crippen LogP contribution in [0.5, 0.6) is 0 Å². The molecule has 1 aliphatic heterocycles. The quantitative estimate of drug-likeness (QED) is 0.835. The number of likely N-dealkylation sites (tertiary alicyclic amines) is 1. The van der Waals surface area contributed by atoms with E-state index in [2.05, 4.69) is 31.0 Å². The Balaban J connectivity index is 2.14. The Labute approximate surface area is 112 Å². The molecule has 0 aromatic carbocycles. The van der Waals surface area contributed by atoms with Gasteiger partial charge in [-0.15, -0.1) is 0 Å². The fraction of sp³-hybridized carbons (Fsp3) is 1.00. The fourth-order valence-electron chi connectivity index (χ4n) is 2.02. The molecule has 0 radical (unpaired) electrons. The SMILES string of the molecule is CC(C)(C)NCC1CCN(CCSC(F)(F)F)C1. The summed E-state index contributed by atoms with van der Waals surface area (Å²) in [7, 11) is 0. The molecule has 1 aliphatic rings. The average molecular weight is 284 g/mol. The van der Waals surface area contributed by atoms with Crippen molar-refractivity contribution in [1.29, 1.82) is 0 Å². The first-order chi connectivity index (χ1) is 8.16. The zero-order valence-electron chi connectivity index (χ0n) is 11.3. The zero-order chi connectivity index (χ0) is 13.8. The number of halogens is 3. The van der Waals surface area contributed by atoms with Gasteiger partial charge in [0.1, 0.15) is 0 Å². The van der Waals surface area contributed by atoms with Crippen LogP contribution >= 0.6 is 11.8 Å². The van der Waals surface area contributed by atoms with Gasteiger partial charge in [-0.2, -0.15) is 13.2 Å². The van der Waals surface area contributed by atoms with Gasteiger partial charge in [-0.25, -0.2) is 0 Å². The number of thioether (sulfide) groups is 1. The van der Waals surface area contributed by atoms with Crippen LogP contribution < -0.4 is 5.32 Å². The first-order valence-corrected chi connectivity index (χ1v) is 7.32. The Morgan fingerprint density at radius 3 is 2.50 bits per heavy atom. The molecule has 0 aliphatic carbocycles. The highest BCUT2D eigenvalue weighted by molar-refractivity contribution is 8.00. The number of hydrogen-bond acceptors (Lipinski definition) is 3. The standard InChI is InChI=1S/C12H23F3N2S/c1-11(2,3)16-8-10-4-5-17(9-10)6-7-18-12(13,14)15/h10,16H,4-9H2,1-3H3. The van der Waals surface area contributed by atoms with Gasteiger partial charge in [-0.1, -0.05) is 0 Å². The van der Waals surface area contributed by atoms with Crippen molar-refractivity contribution < 1.29 is 13.2 Å². The summed E-state index contributed by atoms with van der Waals surface area (Å²) in [5.41, 5.74) is -3.98. The smallest absolute Gasteiger partial charge is 0.312 e. The molecule has 0 aromatic rings. The molecule has 1 fully saturated rings. The molecule has 6 heteroatoms. The summed E-state index contributed by atoms with van der Waals surface area (Å²) in [6.45, 7) is 9.71. The number of nitrogens with zero attached hydrogens (tertiary/aromatic N) is 1. The van der Waals surface area contributed by atoms with Crippen LogP contribution in [-0.4, -0.2) is 47.9 Å². The number of rotatable bonds is 5. The first kappa shape index (κ1) is 16.1. The van der Waals surface area contributed by atoms with Crippen LogP contribution in [0.25, 0.3) is 0 Å². The van der Waals surface area contributed by atoms with E-state index >= 15 is 0 Å². The zero-order valence-corrected chi connectivity index (χ0v) is 12.1. The van der Waals surface area contributed by atoms with E-state index in [1.54, 1.807) is 0 Å². The maximum atomic E-state index is 12.0. The van der Waals surface area contributed by atoms with Gasteiger partial charge in [-0.3, -0.25) is 0 Å². The van der Waals surface area contributed by atoms with E-state index in [4.69, 9.17) is 0 Å². The van der Waals surface area contributed by atoms with E-state index in [0.717, 1.165) is 26.1 Å². The minimum absolute atomic E-state index is 0.0820. The highest BCUT2D eigenvalue weighted by Gasteiger charge is 2.29. The Morgan fingerprint density at radius 1 is 1.28 bits per heavy atom. The highest BCUT2D eigenvalue weighted by atomic mass is 32.2. The summed E-state index contributed by atoms with van der Waals surface area (Å²) < 4.78 is 36.0. The van der Waals surface area contributed by atoms with Crippen molar-refractivity contribution in [2.24, 2.45) is 5.92 Å². The lowest BCUT2D eigenvalue weighted by molar-refractivity contribution is -0.0328. The molecule has 1 unspecified atom stereocenters. The van der Waals surface area contributed by atoms with E-state index < -0.39 is 5.51 Å². The minimum Gasteiger partial charge on any atom is -0.312 e. The average Bonchev–Trinajstić information content (AvgIpc) is 2.60. The largest absolute Gasteiger partial charge is 0.441 e. The third kappa shape index (κ3) is 7.48. The van der Waals surface area contributed by atoms with E-state index in [1.807, 2.05) is 0 Å². The molecule has 0 spiro atoms. The van der Waals surface area contributed by atoms with Crippen LogP contribution in [0.3, 0.4) is 0 Å². The van der Waals surface area contributed by atoms with E-state index in [-0.39, 0.29) is 23.1 Å². The Hall–Kier alpha value is 0.0600. The van der Waals surface area contributed by atoms with Gasteiger partial charge >= 0.3 is 5.51 Å². The molecule has 2 nitrogen and oxygen atoms in total. The molecule has 0 bridgehead atoms. The summed E-state index contributed by atoms with van der Waals surface area (Å²) in [6.07, 6.45) is 1.08. The Morgan fingerprint density at radius 2 is 1.94 bits per heavy atom. The fourth-order valence-corrected chi connectivity index (χ4v) is 2.60. The van der Waals surface area contributed by atoms with Gasteiger partial charge < -0.3 is 10.2 Å². The van der Waals surface area contributed by atoms with Crippen molar-refractivity contribution in [3.8, 4) is 0 Å². The van der Waals surface area contributed by atoms with Crippen LogP contribution in [-0.2, 0) is 0 Å². The molecule has 18 heavy (non-hydrogen) atoms. The highest BCUT2D eigenvalue weighted by Crippen LogP contribution is 2.30. The predicted molar refractivity (Wildman–Crippen MR) is 70.8 cm³/mol. The first-order valence-electron chi connectivity index (χ1n) is 6.34.